The number of ketones is 1. The molecule has 1 aromatic carbocycles. The van der Waals surface area contributed by atoms with E-state index in [-0.39, 0.29) is 17.4 Å². The number of halogens is 1. The highest BCUT2D eigenvalue weighted by molar-refractivity contribution is 7.86. The van der Waals surface area contributed by atoms with Crippen molar-refractivity contribution in [1.29, 1.82) is 0 Å². The van der Waals surface area contributed by atoms with Gasteiger partial charge in [0.1, 0.15) is 6.10 Å². The van der Waals surface area contributed by atoms with Crippen molar-refractivity contribution in [3.63, 3.8) is 0 Å². The van der Waals surface area contributed by atoms with E-state index in [4.69, 9.17) is 15.8 Å². The lowest BCUT2D eigenvalue weighted by molar-refractivity contribution is 0.0826. The summed E-state index contributed by atoms with van der Waals surface area (Å²) in [5.41, 5.74) is 0.418. The van der Waals surface area contributed by atoms with E-state index in [2.05, 4.69) is 0 Å². The monoisotopic (exact) mass is 276 g/mol. The summed E-state index contributed by atoms with van der Waals surface area (Å²) in [5.74, 6) is -0.737. The van der Waals surface area contributed by atoms with Crippen LogP contribution < -0.4 is 0 Å². The fraction of sp³-hybridized carbons (Fsp3) is 0.364. The third-order valence-electron chi connectivity index (χ3n) is 2.05. The van der Waals surface area contributed by atoms with Gasteiger partial charge in [-0.25, -0.2) is 0 Å². The summed E-state index contributed by atoms with van der Waals surface area (Å²) in [6.45, 7) is 1.40. The Hall–Kier alpha value is -0.910. The van der Waals surface area contributed by atoms with Crippen LogP contribution in [-0.4, -0.2) is 31.9 Å². The van der Waals surface area contributed by atoms with Crippen molar-refractivity contribution in [2.75, 3.05) is 11.6 Å². The van der Waals surface area contributed by atoms with E-state index < -0.39 is 16.2 Å². The Morgan fingerprint density at radius 1 is 1.35 bits per heavy atom. The first-order chi connectivity index (χ1) is 7.96. The van der Waals surface area contributed by atoms with Crippen molar-refractivity contribution in [2.24, 2.45) is 0 Å². The van der Waals surface area contributed by atoms with Crippen LogP contribution in [0.15, 0.2) is 30.3 Å². The second-order valence-electron chi connectivity index (χ2n) is 3.42. The van der Waals surface area contributed by atoms with Gasteiger partial charge in [-0.15, -0.1) is 11.6 Å². The van der Waals surface area contributed by atoms with Gasteiger partial charge < -0.3 is 0 Å². The highest BCUT2D eigenvalue weighted by Crippen LogP contribution is 2.09. The van der Waals surface area contributed by atoms with E-state index in [0.29, 0.717) is 5.56 Å². The fourth-order valence-corrected chi connectivity index (χ4v) is 2.62. The van der Waals surface area contributed by atoms with Gasteiger partial charge in [0.2, 0.25) is 0 Å². The maximum absolute atomic E-state index is 11.8. The number of carbonyl (C=O) groups excluding carboxylic acids is 1. The first-order valence-corrected chi connectivity index (χ1v) is 7.13. The van der Waals surface area contributed by atoms with Gasteiger partial charge in [0.15, 0.2) is 5.78 Å². The van der Waals surface area contributed by atoms with Gasteiger partial charge in [0.25, 0.3) is 10.1 Å². The molecule has 17 heavy (non-hydrogen) atoms. The standard InChI is InChI=1S/C11H13ClO4S/c1-9(16-17(14,15)8-7-12)11(13)10-5-3-2-4-6-10/h2-6,9H,7-8H2,1H3. The lowest BCUT2D eigenvalue weighted by Gasteiger charge is -2.11. The minimum atomic E-state index is -3.74. The van der Waals surface area contributed by atoms with Crippen LogP contribution in [0.5, 0.6) is 0 Å². The molecule has 0 radical (unpaired) electrons. The summed E-state index contributed by atoms with van der Waals surface area (Å²) >= 11 is 5.32. The first-order valence-electron chi connectivity index (χ1n) is 5.02. The number of carbonyl (C=O) groups is 1. The summed E-state index contributed by atoms with van der Waals surface area (Å²) in [7, 11) is -3.74. The van der Waals surface area contributed by atoms with Crippen LogP contribution >= 0.6 is 11.6 Å². The molecule has 0 saturated carbocycles. The molecule has 6 heteroatoms. The van der Waals surface area contributed by atoms with Gasteiger partial charge >= 0.3 is 0 Å². The molecule has 1 unspecified atom stereocenters. The lowest BCUT2D eigenvalue weighted by Crippen LogP contribution is -2.26. The predicted octanol–water partition coefficient (Wildman–Crippen LogP) is 1.84. The van der Waals surface area contributed by atoms with Crippen molar-refractivity contribution in [2.45, 2.75) is 13.0 Å². The van der Waals surface area contributed by atoms with Crippen molar-refractivity contribution >= 4 is 27.5 Å². The normalized spacial score (nSPS) is 13.3. The van der Waals surface area contributed by atoms with Crippen LogP contribution in [0, 0.1) is 0 Å². The number of hydrogen-bond donors (Lipinski definition) is 0. The van der Waals surface area contributed by atoms with Crippen molar-refractivity contribution in [3.05, 3.63) is 35.9 Å². The minimum Gasteiger partial charge on any atom is -0.291 e. The summed E-state index contributed by atoms with van der Waals surface area (Å²) in [4.78, 5) is 11.8. The molecular weight excluding hydrogens is 264 g/mol. The second-order valence-corrected chi connectivity index (χ2v) is 5.51. The highest BCUT2D eigenvalue weighted by Gasteiger charge is 2.22. The molecule has 0 aromatic heterocycles. The molecule has 0 bridgehead atoms. The molecule has 0 heterocycles. The van der Waals surface area contributed by atoms with Gasteiger partial charge in [0.05, 0.1) is 5.75 Å². The molecule has 0 aliphatic rings. The van der Waals surface area contributed by atoms with Crippen LogP contribution in [0.4, 0.5) is 0 Å². The molecule has 0 N–H and O–H groups in total. The number of hydrogen-bond acceptors (Lipinski definition) is 4. The van der Waals surface area contributed by atoms with E-state index in [1.165, 1.54) is 6.92 Å². The number of rotatable bonds is 6. The fourth-order valence-electron chi connectivity index (χ4n) is 1.24. The predicted molar refractivity (Wildman–Crippen MR) is 65.8 cm³/mol. The molecule has 1 atom stereocenters. The molecule has 0 amide bonds. The topological polar surface area (TPSA) is 60.4 Å². The summed E-state index contributed by atoms with van der Waals surface area (Å²) in [6.07, 6.45) is -1.04. The SMILES string of the molecule is CC(OS(=O)(=O)CCCl)C(=O)c1ccccc1. The van der Waals surface area contributed by atoms with E-state index in [1.54, 1.807) is 30.3 Å². The number of benzene rings is 1. The Balaban J connectivity index is 2.72. The third kappa shape index (κ3) is 4.46. The first kappa shape index (κ1) is 14.2. The summed E-state index contributed by atoms with van der Waals surface area (Å²) in [6, 6.07) is 8.39. The molecule has 0 aliphatic carbocycles. The molecule has 0 aliphatic heterocycles. The van der Waals surface area contributed by atoms with Crippen LogP contribution in [0.2, 0.25) is 0 Å². The highest BCUT2D eigenvalue weighted by atomic mass is 35.5. The zero-order valence-corrected chi connectivity index (χ0v) is 10.9. The Morgan fingerprint density at radius 3 is 2.47 bits per heavy atom. The van der Waals surface area contributed by atoms with Gasteiger partial charge in [-0.1, -0.05) is 30.3 Å². The average molecular weight is 277 g/mol. The largest absolute Gasteiger partial charge is 0.291 e. The van der Waals surface area contributed by atoms with Gasteiger partial charge in [-0.3, -0.25) is 8.98 Å². The molecule has 0 saturated heterocycles. The van der Waals surface area contributed by atoms with E-state index >= 15 is 0 Å². The Kier molecular flexibility index (Phi) is 5.11. The van der Waals surface area contributed by atoms with Crippen LogP contribution in [0.3, 0.4) is 0 Å². The maximum Gasteiger partial charge on any atom is 0.269 e. The van der Waals surface area contributed by atoms with Crippen molar-refractivity contribution in [1.82, 2.24) is 0 Å². The van der Waals surface area contributed by atoms with Crippen molar-refractivity contribution in [3.8, 4) is 0 Å². The van der Waals surface area contributed by atoms with Crippen LogP contribution in [-0.2, 0) is 14.3 Å². The van der Waals surface area contributed by atoms with Crippen LogP contribution in [0.25, 0.3) is 0 Å². The number of alkyl halides is 1. The summed E-state index contributed by atoms with van der Waals surface area (Å²) in [5, 5.41) is 0. The van der Waals surface area contributed by atoms with Gasteiger partial charge in [-0.05, 0) is 6.92 Å². The van der Waals surface area contributed by atoms with Gasteiger partial charge in [-0.2, -0.15) is 8.42 Å². The zero-order chi connectivity index (χ0) is 12.9. The average Bonchev–Trinajstić information content (AvgIpc) is 2.28. The molecule has 4 nitrogen and oxygen atoms in total. The Bertz CT molecular complexity index is 470. The third-order valence-corrected chi connectivity index (χ3v) is 3.74. The molecule has 0 spiro atoms. The molecule has 94 valence electrons. The maximum atomic E-state index is 11.8. The second kappa shape index (κ2) is 6.14. The smallest absolute Gasteiger partial charge is 0.269 e. The van der Waals surface area contributed by atoms with Gasteiger partial charge in [0, 0.05) is 11.4 Å². The van der Waals surface area contributed by atoms with E-state index in [9.17, 15) is 13.2 Å². The lowest BCUT2D eigenvalue weighted by atomic mass is 10.1. The summed E-state index contributed by atoms with van der Waals surface area (Å²) < 4.78 is 27.4. The molecular formula is C11H13ClO4S. The number of Topliss-reactive ketones (excluding diaryl/α,β-unsaturated/α-hetero) is 1. The molecule has 0 fully saturated rings. The van der Waals surface area contributed by atoms with Crippen molar-refractivity contribution < 1.29 is 17.4 Å². The minimum absolute atomic E-state index is 0.0609. The van der Waals surface area contributed by atoms with E-state index in [1.807, 2.05) is 0 Å². The zero-order valence-electron chi connectivity index (χ0n) is 9.30. The van der Waals surface area contributed by atoms with E-state index in [0.717, 1.165) is 0 Å². The van der Waals surface area contributed by atoms with Crippen LogP contribution in [0.1, 0.15) is 17.3 Å². The molecule has 1 aromatic rings. The Morgan fingerprint density at radius 2 is 1.94 bits per heavy atom. The quantitative estimate of drug-likeness (QED) is 0.452. The Labute approximate surface area is 106 Å². The molecule has 1 rings (SSSR count).